The zero-order valence-electron chi connectivity index (χ0n) is 21.2. The van der Waals surface area contributed by atoms with Crippen molar-refractivity contribution in [1.82, 2.24) is 15.5 Å². The van der Waals surface area contributed by atoms with Crippen LogP contribution < -0.4 is 10.6 Å². The Morgan fingerprint density at radius 2 is 1.81 bits per heavy atom. The molecule has 3 rings (SSSR count). The molecule has 1 aliphatic rings. The average Bonchev–Trinajstić information content (AvgIpc) is 2.87. The van der Waals surface area contributed by atoms with Crippen LogP contribution in [-0.4, -0.2) is 61.8 Å². The van der Waals surface area contributed by atoms with Crippen molar-refractivity contribution in [3.8, 4) is 0 Å². The molecule has 1 unspecified atom stereocenters. The van der Waals surface area contributed by atoms with E-state index in [2.05, 4.69) is 10.6 Å². The Bertz CT molecular complexity index is 996. The molecule has 1 aliphatic carbocycles. The summed E-state index contributed by atoms with van der Waals surface area (Å²) in [5.41, 5.74) is 2.21. The van der Waals surface area contributed by atoms with Crippen LogP contribution in [0.2, 0.25) is 5.02 Å². The molecule has 0 radical (unpaired) electrons. The number of amides is 2. The Labute approximate surface area is 219 Å². The normalized spacial score (nSPS) is 15.8. The molecule has 0 heterocycles. The molecule has 0 aromatic heterocycles. The number of rotatable bonds is 12. The second-order valence-corrected chi connectivity index (χ2v) is 10.0. The minimum absolute atomic E-state index is 0.0702. The number of nitrogens with one attached hydrogen (secondary N) is 2. The van der Waals surface area contributed by atoms with Gasteiger partial charge in [0.1, 0.15) is 6.10 Å². The lowest BCUT2D eigenvalue weighted by molar-refractivity contribution is 0.0634. The summed E-state index contributed by atoms with van der Waals surface area (Å²) in [5.74, 6) is 0.552. The first-order chi connectivity index (χ1) is 17.4. The van der Waals surface area contributed by atoms with Crippen molar-refractivity contribution < 1.29 is 19.4 Å². The van der Waals surface area contributed by atoms with E-state index in [4.69, 9.17) is 21.4 Å². The maximum absolute atomic E-state index is 13.2. The second kappa shape index (κ2) is 14.2. The summed E-state index contributed by atoms with van der Waals surface area (Å²) >= 11 is 6.24. The van der Waals surface area contributed by atoms with Gasteiger partial charge in [0.05, 0.1) is 6.61 Å². The van der Waals surface area contributed by atoms with Gasteiger partial charge in [-0.3, -0.25) is 4.79 Å². The van der Waals surface area contributed by atoms with E-state index in [0.717, 1.165) is 24.1 Å². The van der Waals surface area contributed by atoms with Crippen LogP contribution in [0, 0.1) is 5.92 Å². The molecule has 36 heavy (non-hydrogen) atoms. The van der Waals surface area contributed by atoms with Crippen molar-refractivity contribution in [2.45, 2.75) is 50.7 Å². The summed E-state index contributed by atoms with van der Waals surface area (Å²) in [6.07, 6.45) is 5.82. The van der Waals surface area contributed by atoms with Crippen LogP contribution in [-0.2, 0) is 4.74 Å². The average molecular weight is 516 g/mol. The molecule has 2 amide bonds. The largest absolute Gasteiger partial charge is 0.465 e. The molecule has 1 saturated carbocycles. The predicted molar refractivity (Wildman–Crippen MR) is 143 cm³/mol. The van der Waals surface area contributed by atoms with Gasteiger partial charge in [-0.1, -0.05) is 68.0 Å². The highest BCUT2D eigenvalue weighted by Gasteiger charge is 2.22. The van der Waals surface area contributed by atoms with Crippen LogP contribution in [0.4, 0.5) is 4.79 Å². The molecular weight excluding hydrogens is 478 g/mol. The van der Waals surface area contributed by atoms with Gasteiger partial charge in [-0.15, -0.1) is 0 Å². The Morgan fingerprint density at radius 1 is 1.11 bits per heavy atom. The molecule has 7 nitrogen and oxygen atoms in total. The van der Waals surface area contributed by atoms with Gasteiger partial charge in [0.25, 0.3) is 5.91 Å². The molecule has 196 valence electrons. The van der Waals surface area contributed by atoms with Gasteiger partial charge < -0.3 is 25.4 Å². The number of hydrogen-bond donors (Lipinski definition) is 3. The number of carboxylic acid groups (broad SMARTS) is 1. The number of carbonyl (C=O) groups excluding carboxylic acids is 1. The zero-order valence-corrected chi connectivity index (χ0v) is 22.0. The number of hydrogen-bond acceptors (Lipinski definition) is 4. The molecule has 2 atom stereocenters. The monoisotopic (exact) mass is 515 g/mol. The number of ether oxygens (including phenoxy) is 1. The highest BCUT2D eigenvalue weighted by atomic mass is 35.5. The van der Waals surface area contributed by atoms with Gasteiger partial charge in [-0.05, 0) is 54.8 Å². The topological polar surface area (TPSA) is 90.9 Å². The van der Waals surface area contributed by atoms with E-state index in [-0.39, 0.29) is 25.1 Å². The van der Waals surface area contributed by atoms with Crippen LogP contribution >= 0.6 is 11.6 Å². The molecule has 0 aliphatic heterocycles. The van der Waals surface area contributed by atoms with E-state index in [1.54, 1.807) is 6.07 Å². The lowest BCUT2D eigenvalue weighted by Gasteiger charge is -2.27. The first-order valence-corrected chi connectivity index (χ1v) is 13.1. The summed E-state index contributed by atoms with van der Waals surface area (Å²) < 4.78 is 6.14. The molecule has 3 N–H and O–H groups in total. The van der Waals surface area contributed by atoms with E-state index < -0.39 is 12.2 Å². The molecule has 1 fully saturated rings. The minimum atomic E-state index is -1.01. The third-order valence-corrected chi connectivity index (χ3v) is 7.00. The summed E-state index contributed by atoms with van der Waals surface area (Å²) in [6, 6.07) is 14.9. The summed E-state index contributed by atoms with van der Waals surface area (Å²) in [7, 11) is 3.41. The molecule has 0 saturated heterocycles. The fraction of sp³-hybridized carbons (Fsp3) is 0.500. The highest BCUT2D eigenvalue weighted by Crippen LogP contribution is 2.29. The van der Waals surface area contributed by atoms with E-state index in [9.17, 15) is 9.59 Å². The molecular formula is C28H38ClN3O4. The van der Waals surface area contributed by atoms with E-state index in [0.29, 0.717) is 16.5 Å². The van der Waals surface area contributed by atoms with Crippen molar-refractivity contribution in [3.63, 3.8) is 0 Å². The Hall–Kier alpha value is -2.61. The Morgan fingerprint density at radius 3 is 2.47 bits per heavy atom. The predicted octanol–water partition coefficient (Wildman–Crippen LogP) is 5.34. The number of nitrogens with zero attached hydrogens (tertiary/aromatic N) is 1. The van der Waals surface area contributed by atoms with Gasteiger partial charge in [0.15, 0.2) is 0 Å². The smallest absolute Gasteiger partial charge is 0.407 e. The number of benzene rings is 2. The molecule has 8 heteroatoms. The maximum Gasteiger partial charge on any atom is 0.407 e. The van der Waals surface area contributed by atoms with Gasteiger partial charge in [-0.2, -0.15) is 0 Å². The molecule has 0 spiro atoms. The van der Waals surface area contributed by atoms with Crippen molar-refractivity contribution >= 4 is 23.6 Å². The first kappa shape index (κ1) is 28.0. The van der Waals surface area contributed by atoms with Gasteiger partial charge in [0, 0.05) is 36.8 Å². The first-order valence-electron chi connectivity index (χ1n) is 12.7. The highest BCUT2D eigenvalue weighted by molar-refractivity contribution is 6.30. The standard InChI is InChI=1S/C28H38ClN3O4/c1-30-19-25(16-20-8-4-3-5-9-20)31-27(33)23-12-6-10-21(17-23)26(22-11-7-13-24(29)18-22)36-15-14-32(2)28(34)35/h6-7,10-13,17-18,20,25-26,30H,3-5,8-9,14-16,19H2,1-2H3,(H,31,33)(H,34,35)/t25-,26?/m0/s1. The molecule has 2 aromatic carbocycles. The number of carbonyl (C=O) groups is 2. The second-order valence-electron chi connectivity index (χ2n) is 9.60. The van der Waals surface area contributed by atoms with Crippen LogP contribution in [0.1, 0.15) is 66.1 Å². The van der Waals surface area contributed by atoms with E-state index in [1.807, 2.05) is 49.5 Å². The van der Waals surface area contributed by atoms with E-state index in [1.165, 1.54) is 44.1 Å². The van der Waals surface area contributed by atoms with Crippen LogP contribution in [0.25, 0.3) is 0 Å². The van der Waals surface area contributed by atoms with Crippen LogP contribution in [0.5, 0.6) is 0 Å². The lowest BCUT2D eigenvalue weighted by atomic mass is 9.84. The Balaban J connectivity index is 1.75. The SMILES string of the molecule is CNC[C@H](CC1CCCCC1)NC(=O)c1cccc(C(OCCN(C)C(=O)O)c2cccc(Cl)c2)c1. The summed E-state index contributed by atoms with van der Waals surface area (Å²) in [5, 5.41) is 16.2. The fourth-order valence-corrected chi connectivity index (χ4v) is 5.03. The molecule has 0 bridgehead atoms. The lowest BCUT2D eigenvalue weighted by Crippen LogP contribution is -2.42. The van der Waals surface area contributed by atoms with Crippen molar-refractivity contribution in [2.75, 3.05) is 33.8 Å². The van der Waals surface area contributed by atoms with Gasteiger partial charge in [-0.25, -0.2) is 4.79 Å². The van der Waals surface area contributed by atoms with Crippen molar-refractivity contribution in [3.05, 3.63) is 70.2 Å². The Kier molecular flexibility index (Phi) is 11.0. The summed E-state index contributed by atoms with van der Waals surface area (Å²) in [6.45, 7) is 1.15. The number of likely N-dealkylation sites (N-methyl/N-ethyl adjacent to an activating group) is 2. The van der Waals surface area contributed by atoms with Crippen LogP contribution in [0.15, 0.2) is 48.5 Å². The molecule has 2 aromatic rings. The zero-order chi connectivity index (χ0) is 25.9. The third kappa shape index (κ3) is 8.50. The van der Waals surface area contributed by atoms with Crippen molar-refractivity contribution in [2.24, 2.45) is 5.92 Å². The summed E-state index contributed by atoms with van der Waals surface area (Å²) in [4.78, 5) is 25.6. The maximum atomic E-state index is 13.2. The quantitative estimate of drug-likeness (QED) is 0.355. The number of halogens is 1. The van der Waals surface area contributed by atoms with Crippen LogP contribution in [0.3, 0.4) is 0 Å². The fourth-order valence-electron chi connectivity index (χ4n) is 4.83. The van der Waals surface area contributed by atoms with Gasteiger partial charge in [0.2, 0.25) is 0 Å². The van der Waals surface area contributed by atoms with Gasteiger partial charge >= 0.3 is 6.09 Å². The third-order valence-electron chi connectivity index (χ3n) is 6.77. The minimum Gasteiger partial charge on any atom is -0.465 e. The van der Waals surface area contributed by atoms with Crippen molar-refractivity contribution in [1.29, 1.82) is 0 Å². The van der Waals surface area contributed by atoms with E-state index >= 15 is 0 Å².